The number of carbonyl (C=O) groups excluding carboxylic acids is 1. The van der Waals surface area contributed by atoms with Crippen LogP contribution in [0.3, 0.4) is 0 Å². The van der Waals surface area contributed by atoms with Crippen molar-refractivity contribution in [3.8, 4) is 0 Å². The number of benzene rings is 1. The van der Waals surface area contributed by atoms with E-state index in [1.54, 1.807) is 0 Å². The van der Waals surface area contributed by atoms with Gasteiger partial charge in [0.05, 0.1) is 11.1 Å². The number of nitrogens with zero attached hydrogens (tertiary/aromatic N) is 1. The third kappa shape index (κ3) is 4.00. The predicted octanol–water partition coefficient (Wildman–Crippen LogP) is 3.44. The van der Waals surface area contributed by atoms with Crippen molar-refractivity contribution in [2.75, 3.05) is 13.1 Å². The minimum absolute atomic E-state index is 0. The van der Waals surface area contributed by atoms with Gasteiger partial charge in [0, 0.05) is 29.6 Å². The Morgan fingerprint density at radius 1 is 1.21 bits per heavy atom. The molecule has 1 unspecified atom stereocenters. The number of halogens is 2. The molecule has 4 rings (SSSR count). The van der Waals surface area contributed by atoms with E-state index < -0.39 is 0 Å². The third-order valence-electron chi connectivity index (χ3n) is 4.65. The van der Waals surface area contributed by atoms with Crippen LogP contribution in [0.5, 0.6) is 0 Å². The fraction of sp³-hybridized carbons (Fsp3) is 0.444. The summed E-state index contributed by atoms with van der Waals surface area (Å²) in [7, 11) is 0. The van der Waals surface area contributed by atoms with Gasteiger partial charge in [0.15, 0.2) is 0 Å². The SMILES string of the molecule is Cl.Cl.O=C(NCC1CCCN1)c1cc(C2CC2)nc2ccccc12. The molecule has 6 heteroatoms. The van der Waals surface area contributed by atoms with Crippen LogP contribution >= 0.6 is 24.8 Å². The van der Waals surface area contributed by atoms with Gasteiger partial charge < -0.3 is 10.6 Å². The van der Waals surface area contributed by atoms with Gasteiger partial charge in [-0.25, -0.2) is 0 Å². The molecule has 1 saturated carbocycles. The molecule has 2 aromatic rings. The summed E-state index contributed by atoms with van der Waals surface area (Å²) in [6.45, 7) is 1.76. The first kappa shape index (κ1) is 19.0. The summed E-state index contributed by atoms with van der Waals surface area (Å²) < 4.78 is 0. The Bertz CT molecular complexity index is 712. The lowest BCUT2D eigenvalue weighted by atomic mass is 10.1. The molecule has 1 aromatic heterocycles. The Labute approximate surface area is 154 Å². The Morgan fingerprint density at radius 2 is 2.00 bits per heavy atom. The predicted molar refractivity (Wildman–Crippen MR) is 102 cm³/mol. The van der Waals surface area contributed by atoms with E-state index in [9.17, 15) is 4.79 Å². The maximum Gasteiger partial charge on any atom is 0.252 e. The zero-order chi connectivity index (χ0) is 14.9. The van der Waals surface area contributed by atoms with Crippen LogP contribution in [0.15, 0.2) is 30.3 Å². The average molecular weight is 368 g/mol. The van der Waals surface area contributed by atoms with Gasteiger partial charge >= 0.3 is 0 Å². The second-order valence-electron chi connectivity index (χ2n) is 6.39. The monoisotopic (exact) mass is 367 g/mol. The van der Waals surface area contributed by atoms with Crippen LogP contribution in [0.4, 0.5) is 0 Å². The van der Waals surface area contributed by atoms with E-state index in [1.165, 1.54) is 19.3 Å². The van der Waals surface area contributed by atoms with Gasteiger partial charge in [-0.05, 0) is 44.4 Å². The molecule has 0 radical (unpaired) electrons. The lowest BCUT2D eigenvalue weighted by molar-refractivity contribution is 0.0952. The molecule has 1 aromatic carbocycles. The fourth-order valence-electron chi connectivity index (χ4n) is 3.21. The number of carbonyl (C=O) groups is 1. The molecule has 1 atom stereocenters. The van der Waals surface area contributed by atoms with Crippen LogP contribution in [0, 0.1) is 0 Å². The van der Waals surface area contributed by atoms with Crippen LogP contribution < -0.4 is 10.6 Å². The van der Waals surface area contributed by atoms with E-state index in [-0.39, 0.29) is 30.7 Å². The molecule has 0 spiro atoms. The molecule has 4 nitrogen and oxygen atoms in total. The van der Waals surface area contributed by atoms with E-state index in [0.717, 1.165) is 35.1 Å². The molecule has 24 heavy (non-hydrogen) atoms. The van der Waals surface area contributed by atoms with E-state index in [4.69, 9.17) is 4.98 Å². The van der Waals surface area contributed by atoms with Gasteiger partial charge in [-0.3, -0.25) is 9.78 Å². The van der Waals surface area contributed by atoms with Crippen molar-refractivity contribution in [2.24, 2.45) is 0 Å². The third-order valence-corrected chi connectivity index (χ3v) is 4.65. The molecule has 2 fully saturated rings. The number of hydrogen-bond acceptors (Lipinski definition) is 3. The number of aromatic nitrogens is 1. The smallest absolute Gasteiger partial charge is 0.252 e. The fourth-order valence-corrected chi connectivity index (χ4v) is 3.21. The largest absolute Gasteiger partial charge is 0.350 e. The quantitative estimate of drug-likeness (QED) is 0.869. The number of pyridine rings is 1. The second-order valence-corrected chi connectivity index (χ2v) is 6.39. The summed E-state index contributed by atoms with van der Waals surface area (Å²) in [5, 5.41) is 7.45. The van der Waals surface area contributed by atoms with Gasteiger partial charge in [-0.2, -0.15) is 0 Å². The first-order valence-electron chi connectivity index (χ1n) is 8.22. The van der Waals surface area contributed by atoms with Crippen molar-refractivity contribution in [1.29, 1.82) is 0 Å². The van der Waals surface area contributed by atoms with Crippen molar-refractivity contribution >= 4 is 41.6 Å². The number of amides is 1. The minimum Gasteiger partial charge on any atom is -0.350 e. The van der Waals surface area contributed by atoms with Crippen molar-refractivity contribution in [1.82, 2.24) is 15.6 Å². The van der Waals surface area contributed by atoms with Crippen LogP contribution in [0.2, 0.25) is 0 Å². The summed E-state index contributed by atoms with van der Waals surface area (Å²) in [5.74, 6) is 0.571. The Morgan fingerprint density at radius 3 is 2.71 bits per heavy atom. The Hall–Kier alpha value is -1.36. The van der Waals surface area contributed by atoms with Crippen LogP contribution in [-0.2, 0) is 0 Å². The van der Waals surface area contributed by atoms with Crippen molar-refractivity contribution in [2.45, 2.75) is 37.6 Å². The van der Waals surface area contributed by atoms with E-state index >= 15 is 0 Å². The van der Waals surface area contributed by atoms with Crippen LogP contribution in [0.25, 0.3) is 10.9 Å². The number of para-hydroxylation sites is 1. The normalized spacial score (nSPS) is 19.4. The van der Waals surface area contributed by atoms with E-state index in [1.807, 2.05) is 30.3 Å². The molecule has 2 N–H and O–H groups in total. The summed E-state index contributed by atoms with van der Waals surface area (Å²) in [6.07, 6.45) is 4.73. The van der Waals surface area contributed by atoms with E-state index in [0.29, 0.717) is 18.5 Å². The summed E-state index contributed by atoms with van der Waals surface area (Å²) in [5.41, 5.74) is 2.77. The van der Waals surface area contributed by atoms with Crippen molar-refractivity contribution in [3.63, 3.8) is 0 Å². The zero-order valence-corrected chi connectivity index (χ0v) is 15.1. The van der Waals surface area contributed by atoms with Crippen molar-refractivity contribution < 1.29 is 4.79 Å². The molecular weight excluding hydrogens is 345 g/mol. The molecule has 130 valence electrons. The van der Waals surface area contributed by atoms with Crippen LogP contribution in [-0.4, -0.2) is 30.0 Å². The molecule has 2 aliphatic rings. The van der Waals surface area contributed by atoms with Gasteiger partial charge in [0.2, 0.25) is 0 Å². The van der Waals surface area contributed by atoms with Gasteiger partial charge in [-0.1, -0.05) is 18.2 Å². The lowest BCUT2D eigenvalue weighted by Crippen LogP contribution is -2.37. The van der Waals surface area contributed by atoms with Gasteiger partial charge in [0.1, 0.15) is 0 Å². The molecule has 2 heterocycles. The Kier molecular flexibility index (Phi) is 6.44. The molecule has 0 bridgehead atoms. The first-order chi connectivity index (χ1) is 10.8. The highest BCUT2D eigenvalue weighted by molar-refractivity contribution is 6.06. The number of fused-ring (bicyclic) bond motifs is 1. The highest BCUT2D eigenvalue weighted by atomic mass is 35.5. The average Bonchev–Trinajstić information content (AvgIpc) is 3.28. The van der Waals surface area contributed by atoms with Crippen molar-refractivity contribution in [3.05, 3.63) is 41.6 Å². The van der Waals surface area contributed by atoms with Crippen LogP contribution in [0.1, 0.15) is 47.7 Å². The highest BCUT2D eigenvalue weighted by Gasteiger charge is 2.27. The lowest BCUT2D eigenvalue weighted by Gasteiger charge is -2.13. The maximum atomic E-state index is 12.6. The molecular formula is C18H23Cl2N3O. The molecule has 1 aliphatic heterocycles. The standard InChI is InChI=1S/C18H21N3O.2ClH/c22-18(20-11-13-4-3-9-19-13)15-10-17(12-7-8-12)21-16-6-2-1-5-14(15)16;;/h1-2,5-6,10,12-13,19H,3-4,7-9,11H2,(H,20,22);2*1H. The maximum absolute atomic E-state index is 12.6. The van der Waals surface area contributed by atoms with Gasteiger partial charge in [-0.15, -0.1) is 24.8 Å². The number of rotatable bonds is 4. The highest BCUT2D eigenvalue weighted by Crippen LogP contribution is 2.40. The van der Waals surface area contributed by atoms with E-state index in [2.05, 4.69) is 10.6 Å². The number of nitrogens with one attached hydrogen (secondary N) is 2. The topological polar surface area (TPSA) is 54.0 Å². The zero-order valence-electron chi connectivity index (χ0n) is 13.5. The molecule has 1 amide bonds. The molecule has 1 aliphatic carbocycles. The summed E-state index contributed by atoms with van der Waals surface area (Å²) >= 11 is 0. The first-order valence-corrected chi connectivity index (χ1v) is 8.22. The summed E-state index contributed by atoms with van der Waals surface area (Å²) in [6, 6.07) is 10.3. The van der Waals surface area contributed by atoms with Gasteiger partial charge in [0.25, 0.3) is 5.91 Å². The number of hydrogen-bond donors (Lipinski definition) is 2. The minimum atomic E-state index is 0. The second kappa shape index (κ2) is 8.15. The Balaban J connectivity index is 0.00000104. The molecule has 1 saturated heterocycles. The summed E-state index contributed by atoms with van der Waals surface area (Å²) in [4.78, 5) is 17.4.